The Balaban J connectivity index is 1.80. The summed E-state index contributed by atoms with van der Waals surface area (Å²) in [6.45, 7) is 2.03. The van der Waals surface area contributed by atoms with Crippen LogP contribution in [-0.2, 0) is 0 Å². The van der Waals surface area contributed by atoms with Crippen LogP contribution in [0, 0.1) is 6.92 Å². The van der Waals surface area contributed by atoms with Crippen LogP contribution in [0.15, 0.2) is 60.7 Å². The zero-order valence-corrected chi connectivity index (χ0v) is 11.6. The van der Waals surface area contributed by atoms with Crippen molar-refractivity contribution in [1.29, 1.82) is 0 Å². The molecular formula is C17H15N3O. The number of para-hydroxylation sites is 1. The van der Waals surface area contributed by atoms with E-state index in [2.05, 4.69) is 15.5 Å². The molecule has 0 aliphatic heterocycles. The molecule has 1 amide bonds. The van der Waals surface area contributed by atoms with Gasteiger partial charge >= 0.3 is 0 Å². The second kappa shape index (κ2) is 5.63. The number of anilines is 1. The Morgan fingerprint density at radius 2 is 1.86 bits per heavy atom. The molecule has 0 aliphatic carbocycles. The fourth-order valence-electron chi connectivity index (χ4n) is 2.11. The monoisotopic (exact) mass is 277 g/mol. The van der Waals surface area contributed by atoms with Gasteiger partial charge in [0.2, 0.25) is 0 Å². The Morgan fingerprint density at radius 3 is 2.62 bits per heavy atom. The lowest BCUT2D eigenvalue weighted by atomic mass is 10.1. The summed E-state index contributed by atoms with van der Waals surface area (Å²) in [6, 6.07) is 19.1. The zero-order chi connectivity index (χ0) is 14.7. The number of nitrogens with one attached hydrogen (secondary N) is 2. The minimum atomic E-state index is -0.201. The lowest BCUT2D eigenvalue weighted by Crippen LogP contribution is -2.12. The van der Waals surface area contributed by atoms with E-state index in [-0.39, 0.29) is 5.91 Å². The number of aromatic nitrogens is 2. The Bertz CT molecular complexity index is 762. The highest BCUT2D eigenvalue weighted by Gasteiger charge is 2.11. The molecular weight excluding hydrogens is 262 g/mol. The molecule has 0 unspecified atom stereocenters. The van der Waals surface area contributed by atoms with Crippen molar-refractivity contribution in [3.8, 4) is 11.3 Å². The fraction of sp³-hybridized carbons (Fsp3) is 0.0588. The topological polar surface area (TPSA) is 57.8 Å². The largest absolute Gasteiger partial charge is 0.321 e. The van der Waals surface area contributed by atoms with Gasteiger partial charge in [-0.2, -0.15) is 5.10 Å². The number of hydrogen-bond acceptors (Lipinski definition) is 2. The molecule has 4 heteroatoms. The van der Waals surface area contributed by atoms with E-state index in [1.165, 1.54) is 0 Å². The van der Waals surface area contributed by atoms with Crippen LogP contribution in [-0.4, -0.2) is 16.1 Å². The number of H-pyrrole nitrogens is 1. The molecule has 0 aliphatic rings. The molecule has 3 aromatic rings. The van der Waals surface area contributed by atoms with Crippen molar-refractivity contribution in [2.75, 3.05) is 5.32 Å². The Hall–Kier alpha value is -2.88. The van der Waals surface area contributed by atoms with Gasteiger partial charge in [-0.05, 0) is 31.2 Å². The summed E-state index contributed by atoms with van der Waals surface area (Å²) in [5.74, 6) is -0.201. The first-order valence-corrected chi connectivity index (χ1v) is 6.71. The van der Waals surface area contributed by atoms with Gasteiger partial charge in [0.15, 0.2) is 0 Å². The predicted molar refractivity (Wildman–Crippen MR) is 83.2 cm³/mol. The molecule has 1 aromatic heterocycles. The van der Waals surface area contributed by atoms with Gasteiger partial charge in [0.25, 0.3) is 5.91 Å². The highest BCUT2D eigenvalue weighted by atomic mass is 16.1. The van der Waals surface area contributed by atoms with Gasteiger partial charge < -0.3 is 5.32 Å². The van der Waals surface area contributed by atoms with Crippen LogP contribution in [0.3, 0.4) is 0 Å². The van der Waals surface area contributed by atoms with Crippen LogP contribution in [0.2, 0.25) is 0 Å². The van der Waals surface area contributed by atoms with Crippen LogP contribution in [0.5, 0.6) is 0 Å². The summed E-state index contributed by atoms with van der Waals surface area (Å²) in [7, 11) is 0. The predicted octanol–water partition coefficient (Wildman–Crippen LogP) is 3.64. The highest BCUT2D eigenvalue weighted by Crippen LogP contribution is 2.19. The number of carbonyl (C=O) groups excluding carboxylic acids is 1. The van der Waals surface area contributed by atoms with Crippen molar-refractivity contribution in [3.63, 3.8) is 0 Å². The lowest BCUT2D eigenvalue weighted by molar-refractivity contribution is 0.102. The second-order valence-electron chi connectivity index (χ2n) is 4.86. The first-order chi connectivity index (χ1) is 10.2. The van der Waals surface area contributed by atoms with Crippen LogP contribution in [0.1, 0.15) is 16.1 Å². The number of rotatable bonds is 3. The summed E-state index contributed by atoms with van der Waals surface area (Å²) in [5.41, 5.74) is 4.11. The summed E-state index contributed by atoms with van der Waals surface area (Å²) in [4.78, 5) is 12.1. The Morgan fingerprint density at radius 1 is 1.05 bits per heavy atom. The zero-order valence-electron chi connectivity index (χ0n) is 11.6. The van der Waals surface area contributed by atoms with Crippen molar-refractivity contribution >= 4 is 11.6 Å². The van der Waals surface area contributed by atoms with E-state index in [0.717, 1.165) is 22.5 Å². The molecule has 0 atom stereocenters. The third kappa shape index (κ3) is 3.00. The standard InChI is InChI=1S/C17H15N3O/c1-12-6-5-7-13(10-12)15-11-16(20-19-15)17(21)18-14-8-3-2-4-9-14/h2-11H,1H3,(H,18,21)(H,19,20). The number of amides is 1. The molecule has 0 saturated carbocycles. The number of aryl methyl sites for hydroxylation is 1. The van der Waals surface area contributed by atoms with E-state index in [1.54, 1.807) is 6.07 Å². The quantitative estimate of drug-likeness (QED) is 0.768. The molecule has 0 spiro atoms. The normalized spacial score (nSPS) is 10.3. The minimum absolute atomic E-state index is 0.201. The molecule has 0 fully saturated rings. The van der Waals surface area contributed by atoms with E-state index >= 15 is 0 Å². The summed E-state index contributed by atoms with van der Waals surface area (Å²) >= 11 is 0. The number of benzene rings is 2. The van der Waals surface area contributed by atoms with E-state index in [4.69, 9.17) is 0 Å². The highest BCUT2D eigenvalue weighted by molar-refractivity contribution is 6.03. The van der Waals surface area contributed by atoms with Crippen molar-refractivity contribution < 1.29 is 4.79 Å². The number of aromatic amines is 1. The van der Waals surface area contributed by atoms with Crippen LogP contribution >= 0.6 is 0 Å². The second-order valence-corrected chi connectivity index (χ2v) is 4.86. The van der Waals surface area contributed by atoms with Gasteiger partial charge in [-0.3, -0.25) is 9.89 Å². The van der Waals surface area contributed by atoms with E-state index in [1.807, 2.05) is 61.5 Å². The maximum atomic E-state index is 12.1. The molecule has 2 aromatic carbocycles. The molecule has 3 rings (SSSR count). The number of nitrogens with zero attached hydrogens (tertiary/aromatic N) is 1. The average molecular weight is 277 g/mol. The summed E-state index contributed by atoms with van der Waals surface area (Å²) in [6.07, 6.45) is 0. The lowest BCUT2D eigenvalue weighted by Gasteiger charge is -2.01. The van der Waals surface area contributed by atoms with Crippen molar-refractivity contribution in [3.05, 3.63) is 71.9 Å². The molecule has 2 N–H and O–H groups in total. The molecule has 1 heterocycles. The maximum absolute atomic E-state index is 12.1. The van der Waals surface area contributed by atoms with Gasteiger partial charge in [-0.25, -0.2) is 0 Å². The van der Waals surface area contributed by atoms with Gasteiger partial charge in [0, 0.05) is 11.3 Å². The van der Waals surface area contributed by atoms with E-state index in [0.29, 0.717) is 5.69 Å². The SMILES string of the molecule is Cc1cccc(-c2cc(C(=O)Nc3ccccc3)[nH]n2)c1. The maximum Gasteiger partial charge on any atom is 0.273 e. The van der Waals surface area contributed by atoms with Crippen molar-refractivity contribution in [1.82, 2.24) is 10.2 Å². The van der Waals surface area contributed by atoms with Crippen LogP contribution < -0.4 is 5.32 Å². The molecule has 21 heavy (non-hydrogen) atoms. The van der Waals surface area contributed by atoms with Crippen molar-refractivity contribution in [2.24, 2.45) is 0 Å². The third-order valence-electron chi connectivity index (χ3n) is 3.17. The smallest absolute Gasteiger partial charge is 0.273 e. The molecule has 0 radical (unpaired) electrons. The molecule has 0 saturated heterocycles. The molecule has 4 nitrogen and oxygen atoms in total. The van der Waals surface area contributed by atoms with Gasteiger partial charge in [0.1, 0.15) is 5.69 Å². The fourth-order valence-corrected chi connectivity index (χ4v) is 2.11. The number of hydrogen-bond donors (Lipinski definition) is 2. The van der Waals surface area contributed by atoms with Gasteiger partial charge in [-0.15, -0.1) is 0 Å². The number of carbonyl (C=O) groups is 1. The molecule has 104 valence electrons. The average Bonchev–Trinajstić information content (AvgIpc) is 2.98. The van der Waals surface area contributed by atoms with Crippen molar-refractivity contribution in [2.45, 2.75) is 6.92 Å². The summed E-state index contributed by atoms with van der Waals surface area (Å²) in [5, 5.41) is 9.81. The Kier molecular flexibility index (Phi) is 3.51. The van der Waals surface area contributed by atoms with Gasteiger partial charge in [-0.1, -0.05) is 42.0 Å². The van der Waals surface area contributed by atoms with E-state index < -0.39 is 0 Å². The molecule has 0 bridgehead atoms. The minimum Gasteiger partial charge on any atom is -0.321 e. The first kappa shape index (κ1) is 13.1. The van der Waals surface area contributed by atoms with Crippen LogP contribution in [0.25, 0.3) is 11.3 Å². The van der Waals surface area contributed by atoms with Crippen LogP contribution in [0.4, 0.5) is 5.69 Å². The third-order valence-corrected chi connectivity index (χ3v) is 3.17. The first-order valence-electron chi connectivity index (χ1n) is 6.71. The van der Waals surface area contributed by atoms with Gasteiger partial charge in [0.05, 0.1) is 5.69 Å². The van der Waals surface area contributed by atoms with E-state index in [9.17, 15) is 4.79 Å². The summed E-state index contributed by atoms with van der Waals surface area (Å²) < 4.78 is 0. The Labute approximate surface area is 122 Å².